The molecule has 0 saturated carbocycles. The number of nitrogens with one attached hydrogen (secondary N) is 1. The second kappa shape index (κ2) is 6.18. The first kappa shape index (κ1) is 14.2. The SMILES string of the molecule is CC(C)C(C)(C)CNCc1ccc(CO)cc1. The van der Waals surface area contributed by atoms with Gasteiger partial charge < -0.3 is 10.4 Å². The van der Waals surface area contributed by atoms with Gasteiger partial charge in [-0.05, 0) is 22.5 Å². The number of aliphatic hydroxyl groups excluding tert-OH is 1. The van der Waals surface area contributed by atoms with Crippen LogP contribution in [0.2, 0.25) is 0 Å². The van der Waals surface area contributed by atoms with Crippen LogP contribution in [0.4, 0.5) is 0 Å². The van der Waals surface area contributed by atoms with Crippen LogP contribution in [-0.2, 0) is 13.2 Å². The predicted molar refractivity (Wildman–Crippen MR) is 72.7 cm³/mol. The average molecular weight is 235 g/mol. The Morgan fingerprint density at radius 2 is 1.65 bits per heavy atom. The molecule has 0 fully saturated rings. The number of rotatable bonds is 6. The van der Waals surface area contributed by atoms with E-state index in [1.165, 1.54) is 5.56 Å². The minimum absolute atomic E-state index is 0.119. The monoisotopic (exact) mass is 235 g/mol. The third-order valence-corrected chi connectivity index (χ3v) is 3.68. The molecule has 0 heterocycles. The highest BCUT2D eigenvalue weighted by Gasteiger charge is 2.21. The summed E-state index contributed by atoms with van der Waals surface area (Å²) in [7, 11) is 0. The van der Waals surface area contributed by atoms with E-state index < -0.39 is 0 Å². The van der Waals surface area contributed by atoms with Gasteiger partial charge in [0.05, 0.1) is 6.61 Å². The molecule has 0 aliphatic carbocycles. The van der Waals surface area contributed by atoms with Crippen LogP contribution in [0, 0.1) is 11.3 Å². The van der Waals surface area contributed by atoms with E-state index in [0.29, 0.717) is 11.3 Å². The summed E-state index contributed by atoms with van der Waals surface area (Å²) in [5.74, 6) is 0.673. The number of hydrogen-bond acceptors (Lipinski definition) is 2. The van der Waals surface area contributed by atoms with Crippen molar-refractivity contribution in [2.75, 3.05) is 6.54 Å². The molecular formula is C15H25NO. The summed E-state index contributed by atoms with van der Waals surface area (Å²) < 4.78 is 0. The molecule has 0 aliphatic heterocycles. The van der Waals surface area contributed by atoms with Crippen molar-refractivity contribution >= 4 is 0 Å². The molecular weight excluding hydrogens is 210 g/mol. The summed E-state index contributed by atoms with van der Waals surface area (Å²) >= 11 is 0. The lowest BCUT2D eigenvalue weighted by Gasteiger charge is -2.29. The van der Waals surface area contributed by atoms with E-state index in [-0.39, 0.29) is 6.61 Å². The first-order valence-corrected chi connectivity index (χ1v) is 6.35. The van der Waals surface area contributed by atoms with Crippen LogP contribution in [0.3, 0.4) is 0 Å². The van der Waals surface area contributed by atoms with E-state index in [0.717, 1.165) is 18.7 Å². The van der Waals surface area contributed by atoms with Crippen LogP contribution in [-0.4, -0.2) is 11.7 Å². The maximum atomic E-state index is 8.96. The summed E-state index contributed by atoms with van der Waals surface area (Å²) in [6.07, 6.45) is 0. The first-order valence-electron chi connectivity index (χ1n) is 6.35. The van der Waals surface area contributed by atoms with Crippen LogP contribution < -0.4 is 5.32 Å². The largest absolute Gasteiger partial charge is 0.392 e. The molecule has 0 amide bonds. The zero-order valence-electron chi connectivity index (χ0n) is 11.5. The van der Waals surface area contributed by atoms with Gasteiger partial charge in [-0.15, -0.1) is 0 Å². The summed E-state index contributed by atoms with van der Waals surface area (Å²) in [5.41, 5.74) is 2.56. The Hall–Kier alpha value is -0.860. The van der Waals surface area contributed by atoms with Crippen molar-refractivity contribution < 1.29 is 5.11 Å². The third kappa shape index (κ3) is 4.49. The van der Waals surface area contributed by atoms with Crippen molar-refractivity contribution in [2.24, 2.45) is 11.3 Å². The smallest absolute Gasteiger partial charge is 0.0681 e. The van der Waals surface area contributed by atoms with E-state index in [1.54, 1.807) is 0 Å². The Bertz CT molecular complexity index is 327. The number of aliphatic hydroxyl groups is 1. The average Bonchev–Trinajstić information content (AvgIpc) is 2.29. The Kier molecular flexibility index (Phi) is 5.16. The standard InChI is InChI=1S/C15H25NO/c1-12(2)15(3,4)11-16-9-13-5-7-14(10-17)8-6-13/h5-8,12,16-17H,9-11H2,1-4H3. The zero-order chi connectivity index (χ0) is 12.9. The molecule has 2 heteroatoms. The number of hydrogen-bond donors (Lipinski definition) is 2. The van der Waals surface area contributed by atoms with Crippen molar-refractivity contribution in [2.45, 2.75) is 40.8 Å². The fraction of sp³-hybridized carbons (Fsp3) is 0.600. The molecule has 0 atom stereocenters. The quantitative estimate of drug-likeness (QED) is 0.794. The van der Waals surface area contributed by atoms with Crippen molar-refractivity contribution in [3.8, 4) is 0 Å². The molecule has 0 aromatic heterocycles. The van der Waals surface area contributed by atoms with Gasteiger partial charge >= 0.3 is 0 Å². The van der Waals surface area contributed by atoms with Crippen molar-refractivity contribution in [1.29, 1.82) is 0 Å². The van der Waals surface area contributed by atoms with Gasteiger partial charge in [-0.3, -0.25) is 0 Å². The van der Waals surface area contributed by atoms with Gasteiger partial charge in [-0.25, -0.2) is 0 Å². The number of benzene rings is 1. The molecule has 0 spiro atoms. The second-order valence-corrected chi connectivity index (χ2v) is 5.72. The van der Waals surface area contributed by atoms with Crippen molar-refractivity contribution in [3.05, 3.63) is 35.4 Å². The van der Waals surface area contributed by atoms with E-state index in [2.05, 4.69) is 45.1 Å². The van der Waals surface area contributed by atoms with Gasteiger partial charge in [0.1, 0.15) is 0 Å². The lowest BCUT2D eigenvalue weighted by Crippen LogP contribution is -2.33. The topological polar surface area (TPSA) is 32.3 Å². The molecule has 0 bridgehead atoms. The molecule has 96 valence electrons. The fourth-order valence-corrected chi connectivity index (χ4v) is 1.50. The van der Waals surface area contributed by atoms with Crippen molar-refractivity contribution in [3.63, 3.8) is 0 Å². The minimum Gasteiger partial charge on any atom is -0.392 e. The summed E-state index contributed by atoms with van der Waals surface area (Å²) in [6, 6.07) is 8.09. The van der Waals surface area contributed by atoms with Gasteiger partial charge in [0, 0.05) is 13.1 Å². The third-order valence-electron chi connectivity index (χ3n) is 3.68. The summed E-state index contributed by atoms with van der Waals surface area (Å²) in [5, 5.41) is 12.5. The molecule has 17 heavy (non-hydrogen) atoms. The molecule has 0 radical (unpaired) electrons. The Morgan fingerprint density at radius 3 is 2.12 bits per heavy atom. The van der Waals surface area contributed by atoms with Crippen LogP contribution >= 0.6 is 0 Å². The summed E-state index contributed by atoms with van der Waals surface area (Å²) in [4.78, 5) is 0. The Labute approximate surface area is 105 Å². The Morgan fingerprint density at radius 1 is 1.12 bits per heavy atom. The van der Waals surface area contributed by atoms with E-state index >= 15 is 0 Å². The molecule has 1 aromatic rings. The molecule has 1 aromatic carbocycles. The van der Waals surface area contributed by atoms with Crippen LogP contribution in [0.1, 0.15) is 38.8 Å². The first-order chi connectivity index (χ1) is 7.95. The van der Waals surface area contributed by atoms with Crippen LogP contribution in [0.25, 0.3) is 0 Å². The minimum atomic E-state index is 0.119. The van der Waals surface area contributed by atoms with E-state index in [9.17, 15) is 0 Å². The maximum Gasteiger partial charge on any atom is 0.0681 e. The fourth-order valence-electron chi connectivity index (χ4n) is 1.50. The second-order valence-electron chi connectivity index (χ2n) is 5.72. The molecule has 0 aliphatic rings. The Balaban J connectivity index is 2.40. The van der Waals surface area contributed by atoms with E-state index in [1.807, 2.05) is 12.1 Å². The van der Waals surface area contributed by atoms with E-state index in [4.69, 9.17) is 5.11 Å². The molecule has 0 saturated heterocycles. The highest BCUT2D eigenvalue weighted by Crippen LogP contribution is 2.24. The molecule has 2 N–H and O–H groups in total. The van der Waals surface area contributed by atoms with Gasteiger partial charge in [-0.1, -0.05) is 52.0 Å². The molecule has 2 nitrogen and oxygen atoms in total. The highest BCUT2D eigenvalue weighted by molar-refractivity contribution is 5.21. The van der Waals surface area contributed by atoms with Gasteiger partial charge in [-0.2, -0.15) is 0 Å². The maximum absolute atomic E-state index is 8.96. The van der Waals surface area contributed by atoms with Gasteiger partial charge in [0.25, 0.3) is 0 Å². The van der Waals surface area contributed by atoms with Crippen LogP contribution in [0.15, 0.2) is 24.3 Å². The summed E-state index contributed by atoms with van der Waals surface area (Å²) in [6.45, 7) is 11.1. The highest BCUT2D eigenvalue weighted by atomic mass is 16.3. The lowest BCUT2D eigenvalue weighted by molar-refractivity contribution is 0.238. The normalized spacial score (nSPS) is 12.1. The lowest BCUT2D eigenvalue weighted by atomic mass is 9.81. The van der Waals surface area contributed by atoms with Gasteiger partial charge in [0.15, 0.2) is 0 Å². The molecule has 0 unspecified atom stereocenters. The molecule has 1 rings (SSSR count). The predicted octanol–water partition coefficient (Wildman–Crippen LogP) is 2.95. The van der Waals surface area contributed by atoms with Crippen LogP contribution in [0.5, 0.6) is 0 Å². The van der Waals surface area contributed by atoms with Gasteiger partial charge in [0.2, 0.25) is 0 Å². The van der Waals surface area contributed by atoms with Crippen molar-refractivity contribution in [1.82, 2.24) is 5.32 Å². The zero-order valence-corrected chi connectivity index (χ0v) is 11.5.